The van der Waals surface area contributed by atoms with Gasteiger partial charge in [0.1, 0.15) is 5.75 Å². The molecule has 1 heterocycles. The Hall–Kier alpha value is -1.75. The van der Waals surface area contributed by atoms with Crippen LogP contribution in [-0.2, 0) is 4.79 Å². The minimum absolute atomic E-state index is 0.0777. The third kappa shape index (κ3) is 4.09. The minimum atomic E-state index is -0.191. The Morgan fingerprint density at radius 2 is 1.88 bits per heavy atom. The summed E-state index contributed by atoms with van der Waals surface area (Å²) >= 11 is 1.03. The molecule has 0 bridgehead atoms. The zero-order chi connectivity index (χ0) is 18.7. The first kappa shape index (κ1) is 19.6. The van der Waals surface area contributed by atoms with Gasteiger partial charge in [-0.25, -0.2) is 0 Å². The van der Waals surface area contributed by atoms with Crippen LogP contribution in [0.3, 0.4) is 0 Å². The van der Waals surface area contributed by atoms with Crippen LogP contribution in [-0.4, -0.2) is 28.7 Å². The van der Waals surface area contributed by atoms with Crippen LogP contribution < -0.4 is 4.74 Å². The van der Waals surface area contributed by atoms with Crippen LogP contribution in [0, 0.1) is 6.92 Å². The standard InChI is InChI=1S/C20H27NO3S/c1-7-14(6)21-19(22)18(25-20(21)23)11-15-10-16(12(3)4)17(24-8-2)9-13(15)5/h9-12,14H,7-8H2,1-6H3/b18-11+/t14-/m1/s1. The lowest BCUT2D eigenvalue weighted by atomic mass is 9.96. The predicted octanol–water partition coefficient (Wildman–Crippen LogP) is 5.35. The lowest BCUT2D eigenvalue weighted by molar-refractivity contribution is -0.124. The van der Waals surface area contributed by atoms with Crippen molar-refractivity contribution < 1.29 is 14.3 Å². The maximum absolute atomic E-state index is 12.6. The summed E-state index contributed by atoms with van der Waals surface area (Å²) in [6.45, 7) is 12.7. The number of carbonyl (C=O) groups excluding carboxylic acids is 2. The van der Waals surface area contributed by atoms with Crippen molar-refractivity contribution in [1.82, 2.24) is 4.90 Å². The molecule has 1 aromatic carbocycles. The number of benzene rings is 1. The van der Waals surface area contributed by atoms with E-state index in [9.17, 15) is 9.59 Å². The van der Waals surface area contributed by atoms with E-state index >= 15 is 0 Å². The predicted molar refractivity (Wildman–Crippen MR) is 104 cm³/mol. The summed E-state index contributed by atoms with van der Waals surface area (Å²) in [7, 11) is 0. The topological polar surface area (TPSA) is 46.6 Å². The second kappa shape index (κ2) is 8.09. The van der Waals surface area contributed by atoms with Crippen molar-refractivity contribution in [1.29, 1.82) is 0 Å². The molecular weight excluding hydrogens is 334 g/mol. The fourth-order valence-corrected chi connectivity index (χ4v) is 3.71. The summed E-state index contributed by atoms with van der Waals surface area (Å²) < 4.78 is 5.75. The maximum Gasteiger partial charge on any atom is 0.293 e. The first-order valence-electron chi connectivity index (χ1n) is 8.84. The minimum Gasteiger partial charge on any atom is -0.494 e. The smallest absolute Gasteiger partial charge is 0.293 e. The van der Waals surface area contributed by atoms with Gasteiger partial charge in [0, 0.05) is 6.04 Å². The zero-order valence-electron chi connectivity index (χ0n) is 15.9. The quantitative estimate of drug-likeness (QED) is 0.641. The molecule has 1 atom stereocenters. The molecule has 1 aromatic rings. The number of amides is 2. The van der Waals surface area contributed by atoms with E-state index in [-0.39, 0.29) is 17.2 Å². The van der Waals surface area contributed by atoms with Crippen molar-refractivity contribution >= 4 is 29.0 Å². The van der Waals surface area contributed by atoms with E-state index in [0.717, 1.165) is 40.6 Å². The number of nitrogens with zero attached hydrogens (tertiary/aromatic N) is 1. The highest BCUT2D eigenvalue weighted by Crippen LogP contribution is 2.36. The molecule has 0 radical (unpaired) electrons. The first-order valence-corrected chi connectivity index (χ1v) is 9.66. The summed E-state index contributed by atoms with van der Waals surface area (Å²) in [6, 6.07) is 4.01. The molecule has 0 N–H and O–H groups in total. The average Bonchev–Trinajstić information content (AvgIpc) is 2.83. The van der Waals surface area contributed by atoms with Crippen LogP contribution >= 0.6 is 11.8 Å². The summed E-state index contributed by atoms with van der Waals surface area (Å²) in [6.07, 6.45) is 2.59. The van der Waals surface area contributed by atoms with Gasteiger partial charge in [-0.2, -0.15) is 0 Å². The third-order valence-corrected chi connectivity index (χ3v) is 5.35. The molecule has 0 aliphatic carbocycles. The van der Waals surface area contributed by atoms with Gasteiger partial charge in [0.2, 0.25) is 0 Å². The number of thioether (sulfide) groups is 1. The monoisotopic (exact) mass is 361 g/mol. The van der Waals surface area contributed by atoms with Crippen LogP contribution in [0.25, 0.3) is 6.08 Å². The Balaban J connectivity index is 2.42. The van der Waals surface area contributed by atoms with Gasteiger partial charge in [0.25, 0.3) is 11.1 Å². The van der Waals surface area contributed by atoms with Gasteiger partial charge >= 0.3 is 0 Å². The summed E-state index contributed by atoms with van der Waals surface area (Å²) in [5, 5.41) is -0.182. The molecule has 2 rings (SSSR count). The van der Waals surface area contributed by atoms with Crippen LogP contribution in [0.5, 0.6) is 5.75 Å². The zero-order valence-corrected chi connectivity index (χ0v) is 16.7. The molecular formula is C20H27NO3S. The Labute approximate surface area is 154 Å². The molecule has 0 spiro atoms. The van der Waals surface area contributed by atoms with Crippen molar-refractivity contribution in [3.05, 3.63) is 33.7 Å². The number of imide groups is 1. The van der Waals surface area contributed by atoms with E-state index < -0.39 is 0 Å². The third-order valence-electron chi connectivity index (χ3n) is 4.46. The van der Waals surface area contributed by atoms with Gasteiger partial charge in [-0.1, -0.05) is 20.8 Å². The molecule has 1 aliphatic heterocycles. The lowest BCUT2D eigenvalue weighted by Gasteiger charge is -2.19. The number of hydrogen-bond donors (Lipinski definition) is 0. The molecule has 25 heavy (non-hydrogen) atoms. The van der Waals surface area contributed by atoms with E-state index in [1.165, 1.54) is 4.90 Å². The van der Waals surface area contributed by atoms with Crippen molar-refractivity contribution in [2.75, 3.05) is 6.61 Å². The molecule has 0 saturated carbocycles. The van der Waals surface area contributed by atoms with Crippen molar-refractivity contribution in [2.24, 2.45) is 0 Å². The fraction of sp³-hybridized carbons (Fsp3) is 0.500. The molecule has 1 fully saturated rings. The summed E-state index contributed by atoms with van der Waals surface area (Å²) in [5.41, 5.74) is 3.10. The second-order valence-corrected chi connectivity index (χ2v) is 7.64. The number of carbonyl (C=O) groups is 2. The van der Waals surface area contributed by atoms with E-state index in [4.69, 9.17) is 4.74 Å². The SMILES string of the molecule is CCOc1cc(C)c(/C=C2/SC(=O)N([C@H](C)CC)C2=O)cc1C(C)C. The summed E-state index contributed by atoms with van der Waals surface area (Å²) in [5.74, 6) is 1.01. The van der Waals surface area contributed by atoms with Gasteiger partial charge in [-0.3, -0.25) is 14.5 Å². The van der Waals surface area contributed by atoms with Crippen molar-refractivity contribution in [3.8, 4) is 5.75 Å². The average molecular weight is 362 g/mol. The number of rotatable bonds is 6. The molecule has 4 nitrogen and oxygen atoms in total. The molecule has 136 valence electrons. The van der Waals surface area contributed by atoms with E-state index in [1.54, 1.807) is 0 Å². The Morgan fingerprint density at radius 3 is 2.44 bits per heavy atom. The van der Waals surface area contributed by atoms with Crippen LogP contribution in [0.2, 0.25) is 0 Å². The molecule has 2 amide bonds. The van der Waals surface area contributed by atoms with Crippen LogP contribution in [0.15, 0.2) is 17.0 Å². The molecule has 1 aliphatic rings. The number of hydrogen-bond acceptors (Lipinski definition) is 4. The van der Waals surface area contributed by atoms with E-state index in [2.05, 4.69) is 19.9 Å². The molecule has 5 heteroatoms. The maximum atomic E-state index is 12.6. The largest absolute Gasteiger partial charge is 0.494 e. The number of ether oxygens (including phenoxy) is 1. The van der Waals surface area contributed by atoms with Gasteiger partial charge in [0.15, 0.2) is 0 Å². The summed E-state index contributed by atoms with van der Waals surface area (Å²) in [4.78, 5) is 26.7. The van der Waals surface area contributed by atoms with Crippen LogP contribution in [0.4, 0.5) is 4.79 Å². The first-order chi connectivity index (χ1) is 11.8. The fourth-order valence-electron chi connectivity index (χ4n) is 2.79. The highest BCUT2D eigenvalue weighted by molar-refractivity contribution is 8.18. The van der Waals surface area contributed by atoms with Crippen molar-refractivity contribution in [3.63, 3.8) is 0 Å². The van der Waals surface area contributed by atoms with Crippen LogP contribution in [0.1, 0.15) is 63.6 Å². The molecule has 0 unspecified atom stereocenters. The second-order valence-electron chi connectivity index (χ2n) is 6.64. The number of aryl methyl sites for hydroxylation is 1. The molecule has 1 saturated heterocycles. The van der Waals surface area contributed by atoms with Gasteiger partial charge in [0.05, 0.1) is 11.5 Å². The lowest BCUT2D eigenvalue weighted by Crippen LogP contribution is -2.36. The van der Waals surface area contributed by atoms with Gasteiger partial charge < -0.3 is 4.74 Å². The highest BCUT2D eigenvalue weighted by Gasteiger charge is 2.37. The van der Waals surface area contributed by atoms with E-state index in [1.807, 2.05) is 39.8 Å². The Kier molecular flexibility index (Phi) is 6.33. The Bertz CT molecular complexity index is 709. The van der Waals surface area contributed by atoms with Crippen molar-refractivity contribution in [2.45, 2.75) is 59.9 Å². The molecule has 0 aromatic heterocycles. The highest BCUT2D eigenvalue weighted by atomic mass is 32.2. The van der Waals surface area contributed by atoms with Gasteiger partial charge in [-0.15, -0.1) is 0 Å². The Morgan fingerprint density at radius 1 is 1.20 bits per heavy atom. The normalized spacial score (nSPS) is 17.7. The van der Waals surface area contributed by atoms with E-state index in [0.29, 0.717) is 17.4 Å². The van der Waals surface area contributed by atoms with Gasteiger partial charge in [-0.05, 0) is 79.8 Å².